The molecule has 0 radical (unpaired) electrons. The van der Waals surface area contributed by atoms with Crippen LogP contribution in [0, 0.1) is 13.8 Å². The molecule has 1 amide bonds. The normalized spacial score (nSPS) is 10.1. The fourth-order valence-electron chi connectivity index (χ4n) is 1.38. The summed E-state index contributed by atoms with van der Waals surface area (Å²) in [6, 6.07) is 4.06. The number of benzene rings is 1. The Kier molecular flexibility index (Phi) is 4.35. The van der Waals surface area contributed by atoms with Crippen LogP contribution in [0.5, 0.6) is 0 Å². The van der Waals surface area contributed by atoms with Crippen molar-refractivity contribution in [2.45, 2.75) is 13.8 Å². The largest absolute Gasteiger partial charge is 0.376 e. The maximum Gasteiger partial charge on any atom is 0.241 e. The number of anilines is 1. The number of nitrogens with zero attached hydrogens (tertiary/aromatic N) is 1. The van der Waals surface area contributed by atoms with Crippen LogP contribution in [0.15, 0.2) is 16.6 Å². The first-order valence-corrected chi connectivity index (χ1v) is 5.92. The lowest BCUT2D eigenvalue weighted by atomic mass is 10.1. The van der Waals surface area contributed by atoms with E-state index in [1.54, 1.807) is 19.0 Å². The molecule has 0 fully saturated rings. The van der Waals surface area contributed by atoms with E-state index >= 15 is 0 Å². The van der Waals surface area contributed by atoms with Crippen LogP contribution in [0.2, 0.25) is 0 Å². The molecule has 0 saturated heterocycles. The first kappa shape index (κ1) is 13.0. The van der Waals surface area contributed by atoms with Gasteiger partial charge in [-0.2, -0.15) is 0 Å². The van der Waals surface area contributed by atoms with Gasteiger partial charge in [-0.1, -0.05) is 15.9 Å². The predicted molar refractivity (Wildman–Crippen MR) is 70.8 cm³/mol. The van der Waals surface area contributed by atoms with E-state index in [2.05, 4.69) is 21.2 Å². The van der Waals surface area contributed by atoms with Crippen molar-refractivity contribution in [3.05, 3.63) is 27.7 Å². The van der Waals surface area contributed by atoms with Gasteiger partial charge < -0.3 is 10.2 Å². The van der Waals surface area contributed by atoms with E-state index in [-0.39, 0.29) is 5.91 Å². The molecular formula is C12H17BrN2O. The number of hydrogen-bond donors (Lipinski definition) is 1. The summed E-state index contributed by atoms with van der Waals surface area (Å²) >= 11 is 3.51. The van der Waals surface area contributed by atoms with Gasteiger partial charge in [0.25, 0.3) is 0 Å². The summed E-state index contributed by atoms with van der Waals surface area (Å²) in [5.41, 5.74) is 3.31. The second-order valence-corrected chi connectivity index (χ2v) is 4.86. The van der Waals surface area contributed by atoms with Gasteiger partial charge in [-0.05, 0) is 37.1 Å². The maximum atomic E-state index is 11.4. The van der Waals surface area contributed by atoms with Gasteiger partial charge >= 0.3 is 0 Å². The van der Waals surface area contributed by atoms with E-state index in [0.717, 1.165) is 10.2 Å². The van der Waals surface area contributed by atoms with Crippen molar-refractivity contribution in [1.29, 1.82) is 0 Å². The number of rotatable bonds is 3. The minimum atomic E-state index is 0.0678. The number of carbonyl (C=O) groups excluding carboxylic acids is 1. The number of likely N-dealkylation sites (N-methyl/N-ethyl adjacent to an activating group) is 1. The number of aryl methyl sites for hydroxylation is 2. The lowest BCUT2D eigenvalue weighted by Crippen LogP contribution is -2.28. The Morgan fingerprint density at radius 1 is 1.31 bits per heavy atom. The Morgan fingerprint density at radius 3 is 2.25 bits per heavy atom. The number of halogens is 1. The van der Waals surface area contributed by atoms with Gasteiger partial charge in [0.15, 0.2) is 0 Å². The first-order chi connectivity index (χ1) is 7.41. The lowest BCUT2D eigenvalue weighted by molar-refractivity contribution is -0.126. The average Bonchev–Trinajstić information content (AvgIpc) is 2.22. The quantitative estimate of drug-likeness (QED) is 0.925. The summed E-state index contributed by atoms with van der Waals surface area (Å²) in [5.74, 6) is 0.0678. The molecule has 0 spiro atoms. The van der Waals surface area contributed by atoms with Crippen LogP contribution in [0.25, 0.3) is 0 Å². The van der Waals surface area contributed by atoms with Crippen LogP contribution in [0.3, 0.4) is 0 Å². The Morgan fingerprint density at radius 2 is 1.81 bits per heavy atom. The molecule has 0 aromatic heterocycles. The highest BCUT2D eigenvalue weighted by Gasteiger charge is 2.05. The molecule has 0 atom stereocenters. The van der Waals surface area contributed by atoms with Crippen molar-refractivity contribution < 1.29 is 4.79 Å². The average molecular weight is 285 g/mol. The van der Waals surface area contributed by atoms with E-state index < -0.39 is 0 Å². The van der Waals surface area contributed by atoms with Gasteiger partial charge in [0.05, 0.1) is 6.54 Å². The highest BCUT2D eigenvalue weighted by molar-refractivity contribution is 9.10. The molecule has 1 N–H and O–H groups in total. The SMILES string of the molecule is Cc1cc(NCC(=O)N(C)C)cc(C)c1Br. The van der Waals surface area contributed by atoms with Crippen molar-refractivity contribution in [2.75, 3.05) is 26.0 Å². The van der Waals surface area contributed by atoms with E-state index in [9.17, 15) is 4.79 Å². The number of carbonyl (C=O) groups is 1. The van der Waals surface area contributed by atoms with Crippen molar-refractivity contribution >= 4 is 27.5 Å². The second kappa shape index (κ2) is 5.34. The zero-order valence-corrected chi connectivity index (χ0v) is 11.7. The van der Waals surface area contributed by atoms with E-state index in [1.807, 2.05) is 26.0 Å². The van der Waals surface area contributed by atoms with E-state index in [0.29, 0.717) is 6.54 Å². The van der Waals surface area contributed by atoms with Gasteiger partial charge in [-0.15, -0.1) is 0 Å². The van der Waals surface area contributed by atoms with Crippen molar-refractivity contribution in [3.8, 4) is 0 Å². The van der Waals surface area contributed by atoms with Crippen LogP contribution < -0.4 is 5.32 Å². The Balaban J connectivity index is 2.72. The Hall–Kier alpha value is -1.03. The van der Waals surface area contributed by atoms with Crippen molar-refractivity contribution in [2.24, 2.45) is 0 Å². The van der Waals surface area contributed by atoms with Gasteiger partial charge in [-0.25, -0.2) is 0 Å². The summed E-state index contributed by atoms with van der Waals surface area (Å²) in [4.78, 5) is 13.0. The van der Waals surface area contributed by atoms with Crippen LogP contribution in [-0.4, -0.2) is 31.4 Å². The molecule has 0 bridgehead atoms. The number of nitrogens with one attached hydrogen (secondary N) is 1. The Bertz CT molecular complexity index is 379. The zero-order valence-electron chi connectivity index (χ0n) is 10.1. The molecule has 1 rings (SSSR count). The standard InChI is InChI=1S/C12H17BrN2O/c1-8-5-10(6-9(2)12(8)13)14-7-11(16)15(3)4/h5-6,14H,7H2,1-4H3. The van der Waals surface area contributed by atoms with Crippen LogP contribution in [0.4, 0.5) is 5.69 Å². The third-order valence-corrected chi connectivity index (χ3v) is 3.63. The maximum absolute atomic E-state index is 11.4. The summed E-state index contributed by atoms with van der Waals surface area (Å²) in [5, 5.41) is 3.12. The topological polar surface area (TPSA) is 32.3 Å². The molecule has 3 nitrogen and oxygen atoms in total. The number of hydrogen-bond acceptors (Lipinski definition) is 2. The third-order valence-electron chi connectivity index (χ3n) is 2.38. The van der Waals surface area contributed by atoms with Gasteiger partial charge in [0.1, 0.15) is 0 Å². The fraction of sp³-hybridized carbons (Fsp3) is 0.417. The Labute approximate surface area is 105 Å². The van der Waals surface area contributed by atoms with Crippen LogP contribution in [-0.2, 0) is 4.79 Å². The first-order valence-electron chi connectivity index (χ1n) is 5.12. The third kappa shape index (κ3) is 3.23. The number of amides is 1. The summed E-state index contributed by atoms with van der Waals surface area (Å²) in [7, 11) is 3.50. The lowest BCUT2D eigenvalue weighted by Gasteiger charge is -2.13. The van der Waals surface area contributed by atoms with Gasteiger partial charge in [0, 0.05) is 24.3 Å². The molecule has 16 heavy (non-hydrogen) atoms. The highest BCUT2D eigenvalue weighted by Crippen LogP contribution is 2.24. The molecule has 0 aliphatic rings. The molecule has 4 heteroatoms. The molecule has 0 heterocycles. The summed E-state index contributed by atoms with van der Waals surface area (Å²) in [6.45, 7) is 4.40. The molecule has 1 aromatic carbocycles. The monoisotopic (exact) mass is 284 g/mol. The molecule has 88 valence electrons. The van der Waals surface area contributed by atoms with Crippen LogP contribution >= 0.6 is 15.9 Å². The molecule has 1 aromatic rings. The molecule has 0 unspecified atom stereocenters. The smallest absolute Gasteiger partial charge is 0.241 e. The van der Waals surface area contributed by atoms with E-state index in [4.69, 9.17) is 0 Å². The summed E-state index contributed by atoms with van der Waals surface area (Å²) in [6.07, 6.45) is 0. The second-order valence-electron chi connectivity index (χ2n) is 4.07. The summed E-state index contributed by atoms with van der Waals surface area (Å²) < 4.78 is 1.12. The van der Waals surface area contributed by atoms with Crippen molar-refractivity contribution in [1.82, 2.24) is 4.90 Å². The van der Waals surface area contributed by atoms with E-state index in [1.165, 1.54) is 11.1 Å². The highest BCUT2D eigenvalue weighted by atomic mass is 79.9. The fourth-order valence-corrected chi connectivity index (χ4v) is 1.61. The minimum absolute atomic E-state index is 0.0678. The minimum Gasteiger partial charge on any atom is -0.376 e. The molecule has 0 saturated carbocycles. The predicted octanol–water partition coefficient (Wildman–Crippen LogP) is 2.57. The zero-order chi connectivity index (χ0) is 12.3. The van der Waals surface area contributed by atoms with Crippen molar-refractivity contribution in [3.63, 3.8) is 0 Å². The van der Waals surface area contributed by atoms with Gasteiger partial charge in [-0.3, -0.25) is 4.79 Å². The van der Waals surface area contributed by atoms with Gasteiger partial charge in [0.2, 0.25) is 5.91 Å². The molecule has 0 aliphatic heterocycles. The van der Waals surface area contributed by atoms with Crippen LogP contribution in [0.1, 0.15) is 11.1 Å². The molecule has 0 aliphatic carbocycles. The molecular weight excluding hydrogens is 268 g/mol.